The van der Waals surface area contributed by atoms with Gasteiger partial charge in [-0.15, -0.1) is 0 Å². The quantitative estimate of drug-likeness (QED) is 0.0507. The Kier molecular flexibility index (Phi) is 25.0. The molecule has 7 saturated heterocycles. The minimum absolute atomic E-state index is 0.749. The van der Waals surface area contributed by atoms with Gasteiger partial charge in [-0.3, -0.25) is 14.4 Å². The summed E-state index contributed by atoms with van der Waals surface area (Å²) in [4.78, 5) is 37.6. The summed E-state index contributed by atoms with van der Waals surface area (Å²) < 4.78 is 75.5. The van der Waals surface area contributed by atoms with E-state index in [0.717, 1.165) is 20.8 Å². The van der Waals surface area contributed by atoms with Crippen LogP contribution in [0, 0.1) is 0 Å². The van der Waals surface area contributed by atoms with E-state index >= 15 is 0 Å². The van der Waals surface area contributed by atoms with Crippen molar-refractivity contribution in [2.24, 2.45) is 0 Å². The normalized spacial score (nSPS) is 49.4. The van der Waals surface area contributed by atoms with Crippen molar-refractivity contribution in [3.8, 4) is 0 Å². The van der Waals surface area contributed by atoms with E-state index in [9.17, 15) is 111 Å². The highest BCUT2D eigenvalue weighted by Crippen LogP contribution is 2.38. The molecular formula is C48H81N3O35. The fraction of sp³-hybridized carbons (Fsp3) is 0.938. The Labute approximate surface area is 488 Å². The minimum atomic E-state index is -2.32. The summed E-state index contributed by atoms with van der Waals surface area (Å²) in [6.07, 6.45) is -60.8. The van der Waals surface area contributed by atoms with Crippen LogP contribution in [-0.4, -0.2) is 369 Å². The summed E-state index contributed by atoms with van der Waals surface area (Å²) >= 11 is 0. The van der Waals surface area contributed by atoms with Gasteiger partial charge in [-0.1, -0.05) is 0 Å². The molecule has 38 heteroatoms. The minimum Gasteiger partial charge on any atom is -0.394 e. The lowest BCUT2D eigenvalue weighted by Crippen LogP contribution is -2.71. The summed E-state index contributed by atoms with van der Waals surface area (Å²) in [7, 11) is 0. The molecule has 0 spiro atoms. The van der Waals surface area contributed by atoms with Crippen LogP contribution in [0.3, 0.4) is 0 Å². The van der Waals surface area contributed by atoms with Gasteiger partial charge in [-0.05, 0) is 6.92 Å². The van der Waals surface area contributed by atoms with Crippen LogP contribution in [0.25, 0.3) is 0 Å². The van der Waals surface area contributed by atoms with Gasteiger partial charge in [-0.25, -0.2) is 0 Å². The molecule has 498 valence electrons. The van der Waals surface area contributed by atoms with Crippen LogP contribution in [0.5, 0.6) is 0 Å². The average Bonchev–Trinajstić information content (AvgIpc) is 1.29. The van der Waals surface area contributed by atoms with Crippen LogP contribution in [0.1, 0.15) is 27.7 Å². The molecule has 22 N–H and O–H groups in total. The maximum absolute atomic E-state index is 12.8. The third-order valence-corrected chi connectivity index (χ3v) is 15.7. The summed E-state index contributed by atoms with van der Waals surface area (Å²) in [6.45, 7) is -1.51. The maximum Gasteiger partial charge on any atom is 0.217 e. The Morgan fingerprint density at radius 3 is 1.17 bits per heavy atom. The third-order valence-electron chi connectivity index (χ3n) is 15.7. The zero-order chi connectivity index (χ0) is 63.5. The van der Waals surface area contributed by atoms with E-state index in [1.807, 2.05) is 0 Å². The van der Waals surface area contributed by atoms with Crippen LogP contribution in [-0.2, 0) is 76.0 Å². The van der Waals surface area contributed by atoms with Gasteiger partial charge in [0.1, 0.15) is 165 Å². The van der Waals surface area contributed by atoms with E-state index in [1.165, 1.54) is 6.92 Å². The number of aliphatic hydroxyl groups excluding tert-OH is 19. The number of hydrogen-bond donors (Lipinski definition) is 22. The van der Waals surface area contributed by atoms with Crippen LogP contribution >= 0.6 is 0 Å². The molecule has 7 heterocycles. The van der Waals surface area contributed by atoms with Crippen LogP contribution in [0.15, 0.2) is 0 Å². The number of rotatable bonds is 21. The van der Waals surface area contributed by atoms with Crippen molar-refractivity contribution in [1.29, 1.82) is 0 Å². The van der Waals surface area contributed by atoms with Crippen LogP contribution in [0.4, 0.5) is 0 Å². The van der Waals surface area contributed by atoms with Gasteiger partial charge in [0.25, 0.3) is 0 Å². The number of ether oxygens (including phenoxy) is 13. The molecule has 0 unspecified atom stereocenters. The van der Waals surface area contributed by atoms with Crippen molar-refractivity contribution in [3.63, 3.8) is 0 Å². The van der Waals surface area contributed by atoms with Gasteiger partial charge in [0.05, 0.1) is 45.7 Å². The fourth-order valence-corrected chi connectivity index (χ4v) is 11.0. The molecule has 0 aromatic carbocycles. The van der Waals surface area contributed by atoms with E-state index in [0.29, 0.717) is 0 Å². The van der Waals surface area contributed by atoms with E-state index in [-0.39, 0.29) is 0 Å². The number of nitrogens with one attached hydrogen (secondary N) is 3. The monoisotopic (exact) mass is 1260 g/mol. The first-order valence-electron chi connectivity index (χ1n) is 27.5. The smallest absolute Gasteiger partial charge is 0.217 e. The Hall–Kier alpha value is -2.87. The fourth-order valence-electron chi connectivity index (χ4n) is 11.0. The van der Waals surface area contributed by atoms with Crippen molar-refractivity contribution < 1.29 is 173 Å². The zero-order valence-electron chi connectivity index (χ0n) is 46.5. The second-order valence-corrected chi connectivity index (χ2v) is 21.8. The van der Waals surface area contributed by atoms with Gasteiger partial charge >= 0.3 is 0 Å². The van der Waals surface area contributed by atoms with Gasteiger partial charge in [0.2, 0.25) is 17.7 Å². The van der Waals surface area contributed by atoms with E-state index in [1.54, 1.807) is 0 Å². The SMILES string of the molecule is CC(=O)N[C@@H]1[C@@H](O)[C@H](O[C@@H]2O[C@H](CO)[C@@H](O[C@@H]3O[C@H](CO)[C@@H](O)[C@H](O[C@H]4O[C@H](CO)[C@@H](O)[C@H](O)[C@@H]4O[C@@H]4O[C@H](CO)[C@@H](O[C@@H]5O[C@H](CO)[C@H](O)[C@H](O)[C@H]5O)[C@H](O)[C@H]4NC(C)=O)[C@@H]3O)[C@H](O)[C@H]2NC(C)=O)[C@@H](CO[C@@H]2O[C@@H](C)[C@@H](O)[C@@H](O)[C@@H]2O)O[C@H]1O. The topological polar surface area (TPSA) is 592 Å². The van der Waals surface area contributed by atoms with Gasteiger partial charge < -0.3 is 175 Å². The lowest BCUT2D eigenvalue weighted by atomic mass is 9.93. The Morgan fingerprint density at radius 2 is 0.686 bits per heavy atom. The second-order valence-electron chi connectivity index (χ2n) is 21.8. The van der Waals surface area contributed by atoms with Gasteiger partial charge in [0.15, 0.2) is 44.0 Å². The van der Waals surface area contributed by atoms with Crippen molar-refractivity contribution in [2.45, 2.75) is 242 Å². The molecule has 0 saturated carbocycles. The van der Waals surface area contributed by atoms with E-state index in [2.05, 4.69) is 16.0 Å². The second kappa shape index (κ2) is 30.5. The standard InChI is InChI=1S/C48H81N3O35/c1-11-24(60)31(67)34(70)45(75-11)74-10-20-39(28(64)21(42(73)76-20)49-12(2)57)82-43-22(50-13(3)58)29(65)38(19(9-56)80-43)84-47-36(72)40(27(63)17(7-54)78-47)85-48-41(33(69)26(62)16(6-53)79-48)86-44-23(51-14(4)59)30(66)37(18(8-55)81-44)83-46-35(71)32(68)25(61)15(5-52)77-46/h11,15-48,52-56,60-73H,5-10H2,1-4H3,(H,49,57)(H,50,58)(H,51,59)/t11-,15+,16+,17+,18+,19+,20+,21+,22+,23+,24+,25-,26+,27+,28+,29+,30+,31+,32-,33-,34-,35+,36-,37+,38+,39+,40-,41-,42+,43-,44-,45+,46-,47-,48+/m0/s1. The third kappa shape index (κ3) is 15.4. The predicted octanol–water partition coefficient (Wildman–Crippen LogP) is -14.8. The largest absolute Gasteiger partial charge is 0.394 e. The number of aliphatic hydroxyl groups is 19. The van der Waals surface area contributed by atoms with Gasteiger partial charge in [-0.2, -0.15) is 0 Å². The molecule has 38 nitrogen and oxygen atoms in total. The summed E-state index contributed by atoms with van der Waals surface area (Å²) in [5.41, 5.74) is 0. The lowest BCUT2D eigenvalue weighted by molar-refractivity contribution is -0.395. The highest BCUT2D eigenvalue weighted by molar-refractivity contribution is 5.74. The molecule has 0 bridgehead atoms. The summed E-state index contributed by atoms with van der Waals surface area (Å²) in [5.74, 6) is -2.51. The molecule has 7 aliphatic heterocycles. The van der Waals surface area contributed by atoms with E-state index < -0.39 is 272 Å². The first-order valence-corrected chi connectivity index (χ1v) is 27.5. The molecule has 7 rings (SSSR count). The predicted molar refractivity (Wildman–Crippen MR) is 265 cm³/mol. The molecule has 86 heavy (non-hydrogen) atoms. The van der Waals surface area contributed by atoms with Crippen molar-refractivity contribution in [3.05, 3.63) is 0 Å². The molecule has 0 aromatic heterocycles. The highest BCUT2D eigenvalue weighted by atomic mass is 16.8. The summed E-state index contributed by atoms with van der Waals surface area (Å²) in [6, 6.07) is -5.27. The molecule has 7 aliphatic rings. The average molecular weight is 1260 g/mol. The van der Waals surface area contributed by atoms with Crippen molar-refractivity contribution in [2.75, 3.05) is 39.6 Å². The van der Waals surface area contributed by atoms with E-state index in [4.69, 9.17) is 61.6 Å². The molecule has 7 fully saturated rings. The highest BCUT2D eigenvalue weighted by Gasteiger charge is 2.59. The zero-order valence-corrected chi connectivity index (χ0v) is 46.5. The number of carbonyl (C=O) groups is 3. The Morgan fingerprint density at radius 1 is 0.326 bits per heavy atom. The Bertz CT molecular complexity index is 2170. The van der Waals surface area contributed by atoms with Crippen LogP contribution < -0.4 is 16.0 Å². The number of hydrogen-bond acceptors (Lipinski definition) is 35. The van der Waals surface area contributed by atoms with Crippen molar-refractivity contribution >= 4 is 17.7 Å². The molecule has 0 radical (unpaired) electrons. The Balaban J connectivity index is 1.12. The molecule has 0 aliphatic carbocycles. The lowest BCUT2D eigenvalue weighted by Gasteiger charge is -2.51. The first-order chi connectivity index (χ1) is 40.6. The number of amides is 3. The molecular weight excluding hydrogens is 1180 g/mol. The van der Waals surface area contributed by atoms with Crippen molar-refractivity contribution in [1.82, 2.24) is 16.0 Å². The maximum atomic E-state index is 12.8. The molecule has 35 atom stereocenters. The van der Waals surface area contributed by atoms with Crippen LogP contribution in [0.2, 0.25) is 0 Å². The molecule has 3 amide bonds. The van der Waals surface area contributed by atoms with Gasteiger partial charge in [0, 0.05) is 20.8 Å². The molecule has 0 aromatic rings. The first kappa shape index (κ1) is 70.6. The summed E-state index contributed by atoms with van der Waals surface area (Å²) in [5, 5.41) is 214. The number of carbonyl (C=O) groups excluding carboxylic acids is 3.